The number of nitriles is 1. The van der Waals surface area contributed by atoms with Crippen LogP contribution in [0.2, 0.25) is 0 Å². The predicted molar refractivity (Wildman–Crippen MR) is 98.1 cm³/mol. The van der Waals surface area contributed by atoms with Gasteiger partial charge in [0.2, 0.25) is 0 Å². The number of hydrogen-bond donors (Lipinski definition) is 2. The summed E-state index contributed by atoms with van der Waals surface area (Å²) in [6.45, 7) is 0. The topological polar surface area (TPSA) is 77.8 Å². The van der Waals surface area contributed by atoms with Crippen molar-refractivity contribution in [1.29, 1.82) is 5.26 Å². The lowest BCUT2D eigenvalue weighted by atomic mass is 10.1. The van der Waals surface area contributed by atoms with Crippen LogP contribution in [0, 0.1) is 11.3 Å². The normalized spacial score (nSPS) is 10.8. The van der Waals surface area contributed by atoms with Crippen LogP contribution in [-0.2, 0) is 6.18 Å². The highest BCUT2D eigenvalue weighted by Gasteiger charge is 2.33. The van der Waals surface area contributed by atoms with E-state index in [0.29, 0.717) is 16.9 Å². The van der Waals surface area contributed by atoms with Crippen LogP contribution < -0.4 is 10.6 Å². The molecule has 0 spiro atoms. The number of alkyl halides is 3. The van der Waals surface area contributed by atoms with Crippen molar-refractivity contribution in [2.45, 2.75) is 6.18 Å². The number of halogens is 3. The first kappa shape index (κ1) is 18.9. The second kappa shape index (κ2) is 7.80. The van der Waals surface area contributed by atoms with E-state index in [0.717, 1.165) is 6.07 Å². The number of rotatable bonds is 4. The number of pyridine rings is 1. The zero-order valence-corrected chi connectivity index (χ0v) is 14.3. The van der Waals surface area contributed by atoms with E-state index in [-0.39, 0.29) is 11.4 Å². The summed E-state index contributed by atoms with van der Waals surface area (Å²) in [4.78, 5) is 16.2. The minimum atomic E-state index is -4.58. The van der Waals surface area contributed by atoms with Crippen molar-refractivity contribution in [2.75, 3.05) is 10.6 Å². The monoisotopic (exact) mass is 382 g/mol. The van der Waals surface area contributed by atoms with Gasteiger partial charge in [0.05, 0.1) is 34.8 Å². The Morgan fingerprint density at radius 3 is 2.46 bits per heavy atom. The van der Waals surface area contributed by atoms with Gasteiger partial charge in [0.1, 0.15) is 5.69 Å². The Morgan fingerprint density at radius 2 is 1.79 bits per heavy atom. The molecule has 5 nitrogen and oxygen atoms in total. The van der Waals surface area contributed by atoms with E-state index in [2.05, 4.69) is 15.6 Å². The number of benzene rings is 2. The number of amides is 1. The van der Waals surface area contributed by atoms with Gasteiger partial charge in [-0.25, -0.2) is 4.98 Å². The lowest BCUT2D eigenvalue weighted by Gasteiger charge is -2.13. The molecule has 3 rings (SSSR count). The maximum Gasteiger partial charge on any atom is 0.418 e. The second-order valence-electron chi connectivity index (χ2n) is 5.75. The van der Waals surface area contributed by atoms with Gasteiger partial charge in [-0.1, -0.05) is 18.2 Å². The van der Waals surface area contributed by atoms with Crippen LogP contribution in [0.4, 0.5) is 30.2 Å². The first-order valence-electron chi connectivity index (χ1n) is 8.07. The molecule has 0 radical (unpaired) electrons. The molecule has 0 unspecified atom stereocenters. The standard InChI is InChI=1S/C20H13F3N4O/c21-20(22,23)16-6-1-2-7-17(16)27-19(28)18-9-8-15(12-25-18)26-14-5-3-4-13(10-14)11-24/h1-10,12,26H,(H,27,28). The summed E-state index contributed by atoms with van der Waals surface area (Å²) < 4.78 is 39.1. The average molecular weight is 382 g/mol. The summed E-state index contributed by atoms with van der Waals surface area (Å²) in [5.74, 6) is -0.755. The van der Waals surface area contributed by atoms with E-state index in [1.54, 1.807) is 30.3 Å². The summed E-state index contributed by atoms with van der Waals surface area (Å²) in [5, 5.41) is 14.2. The van der Waals surface area contributed by atoms with E-state index >= 15 is 0 Å². The minimum absolute atomic E-state index is 0.0340. The largest absolute Gasteiger partial charge is 0.418 e. The van der Waals surface area contributed by atoms with E-state index in [1.165, 1.54) is 30.5 Å². The van der Waals surface area contributed by atoms with Gasteiger partial charge in [0.15, 0.2) is 0 Å². The predicted octanol–water partition coefficient (Wildman–Crippen LogP) is 4.97. The molecule has 140 valence electrons. The van der Waals surface area contributed by atoms with Crippen LogP contribution in [0.3, 0.4) is 0 Å². The number of aromatic nitrogens is 1. The lowest BCUT2D eigenvalue weighted by Crippen LogP contribution is -2.17. The fourth-order valence-electron chi connectivity index (χ4n) is 2.46. The number of nitrogens with one attached hydrogen (secondary N) is 2. The Labute approximate surface area is 158 Å². The maximum absolute atomic E-state index is 13.0. The molecule has 2 aromatic carbocycles. The Hall–Kier alpha value is -3.86. The van der Waals surface area contributed by atoms with E-state index < -0.39 is 17.6 Å². The van der Waals surface area contributed by atoms with Crippen molar-refractivity contribution in [3.8, 4) is 6.07 Å². The van der Waals surface area contributed by atoms with Crippen molar-refractivity contribution in [3.05, 3.63) is 83.7 Å². The van der Waals surface area contributed by atoms with Crippen LogP contribution in [0.5, 0.6) is 0 Å². The molecule has 0 aliphatic rings. The Balaban J connectivity index is 1.73. The summed E-state index contributed by atoms with van der Waals surface area (Å²) in [6.07, 6.45) is -3.20. The number of hydrogen-bond acceptors (Lipinski definition) is 4. The molecule has 0 atom stereocenters. The van der Waals surface area contributed by atoms with Crippen LogP contribution >= 0.6 is 0 Å². The van der Waals surface area contributed by atoms with Gasteiger partial charge < -0.3 is 10.6 Å². The molecule has 1 heterocycles. The molecule has 2 N–H and O–H groups in total. The van der Waals surface area contributed by atoms with Crippen LogP contribution in [-0.4, -0.2) is 10.9 Å². The third kappa shape index (κ3) is 4.45. The van der Waals surface area contributed by atoms with Crippen LogP contribution in [0.25, 0.3) is 0 Å². The zero-order valence-electron chi connectivity index (χ0n) is 14.3. The molecule has 28 heavy (non-hydrogen) atoms. The molecular weight excluding hydrogens is 369 g/mol. The highest BCUT2D eigenvalue weighted by molar-refractivity contribution is 6.03. The van der Waals surface area contributed by atoms with Gasteiger partial charge in [0, 0.05) is 5.69 Å². The second-order valence-corrected chi connectivity index (χ2v) is 5.75. The quantitative estimate of drug-likeness (QED) is 0.668. The smallest absolute Gasteiger partial charge is 0.354 e. The molecule has 0 saturated heterocycles. The minimum Gasteiger partial charge on any atom is -0.354 e. The van der Waals surface area contributed by atoms with Gasteiger partial charge in [-0.05, 0) is 42.5 Å². The lowest BCUT2D eigenvalue weighted by molar-refractivity contribution is -0.136. The fraction of sp³-hybridized carbons (Fsp3) is 0.0500. The Bertz CT molecular complexity index is 1040. The summed E-state index contributed by atoms with van der Waals surface area (Å²) in [5.41, 5.74) is 0.404. The van der Waals surface area contributed by atoms with E-state index in [9.17, 15) is 18.0 Å². The number of anilines is 3. The molecule has 0 aliphatic heterocycles. The number of carbonyl (C=O) groups excluding carboxylic acids is 1. The highest BCUT2D eigenvalue weighted by Crippen LogP contribution is 2.34. The third-order valence-corrected chi connectivity index (χ3v) is 3.76. The molecule has 0 fully saturated rings. The van der Waals surface area contributed by atoms with Gasteiger partial charge in [0.25, 0.3) is 5.91 Å². The van der Waals surface area contributed by atoms with Crippen molar-refractivity contribution in [3.63, 3.8) is 0 Å². The molecule has 1 aromatic heterocycles. The number of para-hydroxylation sites is 1. The summed E-state index contributed by atoms with van der Waals surface area (Å²) >= 11 is 0. The molecule has 0 saturated carbocycles. The first-order valence-corrected chi connectivity index (χ1v) is 8.07. The van der Waals surface area contributed by atoms with Crippen LogP contribution in [0.1, 0.15) is 21.6 Å². The molecule has 1 amide bonds. The Kier molecular flexibility index (Phi) is 5.27. The first-order chi connectivity index (χ1) is 13.4. The number of nitrogens with zero attached hydrogens (tertiary/aromatic N) is 2. The van der Waals surface area contributed by atoms with Gasteiger partial charge in [-0.15, -0.1) is 0 Å². The number of carbonyl (C=O) groups is 1. The average Bonchev–Trinajstić information content (AvgIpc) is 2.68. The van der Waals surface area contributed by atoms with Gasteiger partial charge in [-0.2, -0.15) is 18.4 Å². The van der Waals surface area contributed by atoms with Gasteiger partial charge >= 0.3 is 6.18 Å². The molecule has 0 bridgehead atoms. The summed E-state index contributed by atoms with van der Waals surface area (Å²) in [6, 6.07) is 16.5. The van der Waals surface area contributed by atoms with Gasteiger partial charge in [-0.3, -0.25) is 4.79 Å². The highest BCUT2D eigenvalue weighted by atomic mass is 19.4. The fourth-order valence-corrected chi connectivity index (χ4v) is 2.46. The third-order valence-electron chi connectivity index (χ3n) is 3.76. The van der Waals surface area contributed by atoms with Crippen molar-refractivity contribution >= 4 is 23.0 Å². The molecule has 8 heteroatoms. The van der Waals surface area contributed by atoms with E-state index in [4.69, 9.17) is 5.26 Å². The van der Waals surface area contributed by atoms with Crippen molar-refractivity contribution in [1.82, 2.24) is 4.98 Å². The zero-order chi connectivity index (χ0) is 20.1. The SMILES string of the molecule is N#Cc1cccc(Nc2ccc(C(=O)Nc3ccccc3C(F)(F)F)nc2)c1. The van der Waals surface area contributed by atoms with E-state index in [1.807, 2.05) is 6.07 Å². The summed E-state index contributed by atoms with van der Waals surface area (Å²) in [7, 11) is 0. The molecular formula is C20H13F3N4O. The molecule has 3 aromatic rings. The maximum atomic E-state index is 13.0. The van der Waals surface area contributed by atoms with Crippen molar-refractivity contribution < 1.29 is 18.0 Å². The molecule has 0 aliphatic carbocycles. The van der Waals surface area contributed by atoms with Crippen molar-refractivity contribution in [2.24, 2.45) is 0 Å². The van der Waals surface area contributed by atoms with Crippen LogP contribution in [0.15, 0.2) is 66.9 Å². The Morgan fingerprint density at radius 1 is 1.00 bits per heavy atom.